The molecule has 21 heavy (non-hydrogen) atoms. The molecule has 2 heterocycles. The van der Waals surface area contributed by atoms with Crippen molar-refractivity contribution in [3.05, 3.63) is 11.9 Å². The molecule has 0 aliphatic carbocycles. The van der Waals surface area contributed by atoms with Gasteiger partial charge in [-0.1, -0.05) is 19.1 Å². The monoisotopic (exact) mass is 293 g/mol. The largest absolute Gasteiger partial charge is 0.306 e. The van der Waals surface area contributed by atoms with E-state index < -0.39 is 0 Å². The minimum atomic E-state index is 0.115. The van der Waals surface area contributed by atoms with Gasteiger partial charge in [0.25, 0.3) is 0 Å². The van der Waals surface area contributed by atoms with Gasteiger partial charge in [-0.05, 0) is 52.1 Å². The third-order valence-electron chi connectivity index (χ3n) is 4.24. The van der Waals surface area contributed by atoms with Crippen LogP contribution in [0.25, 0.3) is 0 Å². The average Bonchev–Trinajstić information content (AvgIpc) is 2.82. The van der Waals surface area contributed by atoms with Crippen molar-refractivity contribution in [2.45, 2.75) is 66.1 Å². The Balaban J connectivity index is 1.73. The number of nitrogens with zero attached hydrogens (tertiary/aromatic N) is 4. The highest BCUT2D eigenvalue weighted by molar-refractivity contribution is 4.93. The molecule has 1 aromatic heterocycles. The maximum absolute atomic E-state index is 4.24. The fourth-order valence-electron chi connectivity index (χ4n) is 2.51. The van der Waals surface area contributed by atoms with Gasteiger partial charge in [-0.15, -0.1) is 5.10 Å². The molecule has 0 saturated carbocycles. The second-order valence-electron chi connectivity index (χ2n) is 8.08. The number of hydrogen-bond donors (Lipinski definition) is 1. The number of piperidine rings is 1. The minimum absolute atomic E-state index is 0.115. The highest BCUT2D eigenvalue weighted by Crippen LogP contribution is 2.29. The summed E-state index contributed by atoms with van der Waals surface area (Å²) in [6.07, 6.45) is 4.66. The van der Waals surface area contributed by atoms with Crippen LogP contribution in [0.2, 0.25) is 0 Å². The number of rotatable bonds is 5. The van der Waals surface area contributed by atoms with Crippen LogP contribution in [0.1, 0.15) is 53.2 Å². The highest BCUT2D eigenvalue weighted by atomic mass is 15.4. The number of likely N-dealkylation sites (tertiary alicyclic amines) is 1. The van der Waals surface area contributed by atoms with Gasteiger partial charge in [0.2, 0.25) is 0 Å². The summed E-state index contributed by atoms with van der Waals surface area (Å²) in [6.45, 7) is 16.4. The van der Waals surface area contributed by atoms with Crippen LogP contribution in [-0.2, 0) is 13.1 Å². The Morgan fingerprint density at radius 1 is 1.19 bits per heavy atom. The highest BCUT2D eigenvalue weighted by Gasteiger charge is 2.24. The van der Waals surface area contributed by atoms with E-state index in [1.54, 1.807) is 0 Å². The van der Waals surface area contributed by atoms with Gasteiger partial charge < -0.3 is 10.2 Å². The van der Waals surface area contributed by atoms with Crippen LogP contribution >= 0.6 is 0 Å². The number of hydrogen-bond acceptors (Lipinski definition) is 4. The third kappa shape index (κ3) is 5.75. The SMILES string of the molecule is CC1(C)CCN(CCn2cc(CNC(C)(C)C)nn2)CC1. The molecule has 1 aliphatic rings. The Morgan fingerprint density at radius 2 is 1.86 bits per heavy atom. The summed E-state index contributed by atoms with van der Waals surface area (Å²) in [5.74, 6) is 0. The number of aromatic nitrogens is 3. The lowest BCUT2D eigenvalue weighted by atomic mass is 9.83. The van der Waals surface area contributed by atoms with E-state index in [1.165, 1.54) is 25.9 Å². The zero-order valence-electron chi connectivity index (χ0n) is 14.3. The van der Waals surface area contributed by atoms with E-state index in [1.807, 2.05) is 4.68 Å². The summed E-state index contributed by atoms with van der Waals surface area (Å²) >= 11 is 0. The Bertz CT molecular complexity index is 434. The van der Waals surface area contributed by atoms with Gasteiger partial charge in [0.1, 0.15) is 0 Å². The van der Waals surface area contributed by atoms with Gasteiger partial charge in [-0.25, -0.2) is 0 Å². The smallest absolute Gasteiger partial charge is 0.0965 e. The maximum Gasteiger partial charge on any atom is 0.0965 e. The standard InChI is InChI=1S/C16H31N5/c1-15(2,3)17-12-14-13-21(19-18-14)11-10-20-8-6-16(4,5)7-9-20/h13,17H,6-12H2,1-5H3. The molecule has 0 amide bonds. The summed E-state index contributed by atoms with van der Waals surface area (Å²) in [5.41, 5.74) is 1.66. The first-order chi connectivity index (χ1) is 9.73. The van der Waals surface area contributed by atoms with Crippen molar-refractivity contribution in [2.75, 3.05) is 19.6 Å². The molecule has 0 atom stereocenters. The molecule has 120 valence electrons. The van der Waals surface area contributed by atoms with Gasteiger partial charge in [0, 0.05) is 24.8 Å². The molecule has 1 aliphatic heterocycles. The lowest BCUT2D eigenvalue weighted by Crippen LogP contribution is -2.39. The van der Waals surface area contributed by atoms with E-state index in [2.05, 4.69) is 61.3 Å². The molecular weight excluding hydrogens is 262 g/mol. The summed E-state index contributed by atoms with van der Waals surface area (Å²) in [4.78, 5) is 2.54. The van der Waals surface area contributed by atoms with Crippen molar-refractivity contribution in [3.8, 4) is 0 Å². The molecule has 0 radical (unpaired) electrons. The van der Waals surface area contributed by atoms with Crippen molar-refractivity contribution in [1.29, 1.82) is 0 Å². The second-order valence-corrected chi connectivity index (χ2v) is 8.08. The Labute approximate surface area is 129 Å². The third-order valence-corrected chi connectivity index (χ3v) is 4.24. The van der Waals surface area contributed by atoms with Gasteiger partial charge in [0.15, 0.2) is 0 Å². The molecular formula is C16H31N5. The van der Waals surface area contributed by atoms with Crippen LogP contribution in [0.5, 0.6) is 0 Å². The van der Waals surface area contributed by atoms with Crippen LogP contribution in [0.3, 0.4) is 0 Å². The lowest BCUT2D eigenvalue weighted by molar-refractivity contribution is 0.128. The fourth-order valence-corrected chi connectivity index (χ4v) is 2.51. The van der Waals surface area contributed by atoms with Crippen molar-refractivity contribution in [3.63, 3.8) is 0 Å². The molecule has 1 N–H and O–H groups in total. The summed E-state index contributed by atoms with van der Waals surface area (Å²) < 4.78 is 1.97. The molecule has 5 nitrogen and oxygen atoms in total. The molecule has 1 saturated heterocycles. The Kier molecular flexibility index (Phi) is 5.04. The van der Waals surface area contributed by atoms with Crippen LogP contribution in [0, 0.1) is 5.41 Å². The molecule has 1 fully saturated rings. The van der Waals surface area contributed by atoms with Crippen molar-refractivity contribution >= 4 is 0 Å². The first-order valence-corrected chi connectivity index (χ1v) is 8.10. The molecule has 5 heteroatoms. The molecule has 2 rings (SSSR count). The first-order valence-electron chi connectivity index (χ1n) is 8.10. The van der Waals surface area contributed by atoms with E-state index in [0.29, 0.717) is 5.41 Å². The molecule has 0 spiro atoms. The van der Waals surface area contributed by atoms with Crippen molar-refractivity contribution in [2.24, 2.45) is 5.41 Å². The van der Waals surface area contributed by atoms with Crippen molar-refractivity contribution < 1.29 is 0 Å². The summed E-state index contributed by atoms with van der Waals surface area (Å²) in [5, 5.41) is 11.9. The quantitative estimate of drug-likeness (QED) is 0.905. The van der Waals surface area contributed by atoms with E-state index in [0.717, 1.165) is 25.3 Å². The zero-order valence-corrected chi connectivity index (χ0v) is 14.3. The van der Waals surface area contributed by atoms with E-state index >= 15 is 0 Å². The Hall–Kier alpha value is -0.940. The van der Waals surface area contributed by atoms with Crippen LogP contribution in [0.4, 0.5) is 0 Å². The van der Waals surface area contributed by atoms with E-state index in [9.17, 15) is 0 Å². The second kappa shape index (κ2) is 6.44. The van der Waals surface area contributed by atoms with E-state index in [4.69, 9.17) is 0 Å². The van der Waals surface area contributed by atoms with Crippen LogP contribution < -0.4 is 5.32 Å². The maximum atomic E-state index is 4.24. The Morgan fingerprint density at radius 3 is 2.48 bits per heavy atom. The predicted molar refractivity (Wildman–Crippen MR) is 86.1 cm³/mol. The molecule has 0 aromatic carbocycles. The first kappa shape index (κ1) is 16.4. The van der Waals surface area contributed by atoms with Crippen molar-refractivity contribution in [1.82, 2.24) is 25.2 Å². The molecule has 0 unspecified atom stereocenters. The lowest BCUT2D eigenvalue weighted by Gasteiger charge is -2.36. The molecule has 1 aromatic rings. The zero-order chi connectivity index (χ0) is 15.5. The van der Waals surface area contributed by atoms with Gasteiger partial charge >= 0.3 is 0 Å². The van der Waals surface area contributed by atoms with Gasteiger partial charge in [0.05, 0.1) is 12.2 Å². The summed E-state index contributed by atoms with van der Waals surface area (Å²) in [7, 11) is 0. The average molecular weight is 293 g/mol. The normalized spacial score (nSPS) is 19.9. The topological polar surface area (TPSA) is 46.0 Å². The number of nitrogens with one attached hydrogen (secondary N) is 1. The van der Waals surface area contributed by atoms with Crippen LogP contribution in [0.15, 0.2) is 6.20 Å². The molecule has 0 bridgehead atoms. The van der Waals surface area contributed by atoms with E-state index in [-0.39, 0.29) is 5.54 Å². The fraction of sp³-hybridized carbons (Fsp3) is 0.875. The van der Waals surface area contributed by atoms with Crippen LogP contribution in [-0.4, -0.2) is 45.1 Å². The van der Waals surface area contributed by atoms with Gasteiger partial charge in [-0.3, -0.25) is 4.68 Å². The van der Waals surface area contributed by atoms with Gasteiger partial charge in [-0.2, -0.15) is 0 Å². The minimum Gasteiger partial charge on any atom is -0.306 e. The predicted octanol–water partition coefficient (Wildman–Crippen LogP) is 2.29. The summed E-state index contributed by atoms with van der Waals surface area (Å²) in [6, 6.07) is 0.